The molecule has 0 aromatic heterocycles. The Labute approximate surface area is 168 Å². The number of hydrogen-bond acceptors (Lipinski definition) is 2. The van der Waals surface area contributed by atoms with Crippen LogP contribution in [0, 0.1) is 26.2 Å². The Kier molecular flexibility index (Phi) is 9.05. The normalized spacial score (nSPS) is 12.3. The van der Waals surface area contributed by atoms with Crippen molar-refractivity contribution in [1.82, 2.24) is 0 Å². The second-order valence-electron chi connectivity index (χ2n) is 10.0. The number of ether oxygens (including phenoxy) is 1. The van der Waals surface area contributed by atoms with Gasteiger partial charge in [-0.25, -0.2) is 0 Å². The third-order valence-corrected chi connectivity index (χ3v) is 5.81. The number of rotatable bonds is 11. The molecule has 0 aliphatic rings. The Balaban J connectivity index is 2.62. The van der Waals surface area contributed by atoms with Gasteiger partial charge in [0, 0.05) is 0 Å². The number of benzene rings is 1. The largest absolute Gasteiger partial charge is 0.462 e. The molecule has 1 aromatic carbocycles. The maximum atomic E-state index is 10.6. The zero-order valence-corrected chi connectivity index (χ0v) is 19.1. The lowest BCUT2D eigenvalue weighted by Gasteiger charge is -2.22. The van der Waals surface area contributed by atoms with Crippen LogP contribution in [-0.4, -0.2) is 12.1 Å². The summed E-state index contributed by atoms with van der Waals surface area (Å²) in [4.78, 5) is 10.6. The molecule has 0 heterocycles. The van der Waals surface area contributed by atoms with E-state index < -0.39 is 0 Å². The van der Waals surface area contributed by atoms with E-state index in [0.29, 0.717) is 11.9 Å². The van der Waals surface area contributed by atoms with Gasteiger partial charge < -0.3 is 4.74 Å². The van der Waals surface area contributed by atoms with Crippen molar-refractivity contribution in [2.45, 2.75) is 112 Å². The third kappa shape index (κ3) is 8.49. The van der Waals surface area contributed by atoms with Gasteiger partial charge in [0.15, 0.2) is 0 Å². The van der Waals surface area contributed by atoms with Crippen molar-refractivity contribution in [1.29, 1.82) is 0 Å². The molecule has 27 heavy (non-hydrogen) atoms. The molecule has 1 rings (SSSR count). The summed E-state index contributed by atoms with van der Waals surface area (Å²) in [6.45, 7) is 18.4. The Bertz CT molecular complexity index is 606. The maximum Gasteiger partial charge on any atom is 0.293 e. The maximum absolute atomic E-state index is 10.6. The number of carbonyl (C=O) groups excluding carboxylic acids is 1. The van der Waals surface area contributed by atoms with E-state index in [0.717, 1.165) is 25.7 Å². The van der Waals surface area contributed by atoms with E-state index in [1.54, 1.807) is 0 Å². The van der Waals surface area contributed by atoms with Gasteiger partial charge in [0.05, 0.1) is 0 Å². The average Bonchev–Trinajstić information content (AvgIpc) is 2.54. The standard InChI is InChI=1S/C25H42O2/c1-19-17-22(13-9-11-15-24(4,5)6)20(2)21(3)23(19)14-10-12-16-25(7,8)27-18-26/h17-18H,9-16H2,1-8H3. The van der Waals surface area contributed by atoms with Crippen LogP contribution in [0.5, 0.6) is 0 Å². The van der Waals surface area contributed by atoms with Crippen molar-refractivity contribution < 1.29 is 9.53 Å². The van der Waals surface area contributed by atoms with E-state index in [2.05, 4.69) is 47.6 Å². The summed E-state index contributed by atoms with van der Waals surface area (Å²) < 4.78 is 5.15. The van der Waals surface area contributed by atoms with Crippen LogP contribution in [0.15, 0.2) is 6.07 Å². The van der Waals surface area contributed by atoms with Gasteiger partial charge in [-0.05, 0) is 113 Å². The summed E-state index contributed by atoms with van der Waals surface area (Å²) in [5.41, 5.74) is 7.53. The highest BCUT2D eigenvalue weighted by atomic mass is 16.5. The van der Waals surface area contributed by atoms with Gasteiger partial charge in [-0.1, -0.05) is 33.3 Å². The molecule has 0 saturated heterocycles. The first-order valence-electron chi connectivity index (χ1n) is 10.7. The summed E-state index contributed by atoms with van der Waals surface area (Å²) >= 11 is 0. The average molecular weight is 375 g/mol. The van der Waals surface area contributed by atoms with Gasteiger partial charge in [0.2, 0.25) is 0 Å². The van der Waals surface area contributed by atoms with Crippen molar-refractivity contribution >= 4 is 6.47 Å². The molecule has 0 bridgehead atoms. The Morgan fingerprint density at radius 2 is 1.44 bits per heavy atom. The van der Waals surface area contributed by atoms with Crippen molar-refractivity contribution in [2.24, 2.45) is 5.41 Å². The molecule has 154 valence electrons. The molecule has 0 amide bonds. The second kappa shape index (κ2) is 10.3. The quantitative estimate of drug-likeness (QED) is 0.307. The lowest BCUT2D eigenvalue weighted by atomic mass is 9.86. The number of unbranched alkanes of at least 4 members (excludes halogenated alkanes) is 2. The van der Waals surface area contributed by atoms with Crippen LogP contribution in [0.3, 0.4) is 0 Å². The smallest absolute Gasteiger partial charge is 0.293 e. The zero-order chi connectivity index (χ0) is 20.7. The zero-order valence-electron chi connectivity index (χ0n) is 19.1. The molecule has 0 N–H and O–H groups in total. The number of hydrogen-bond donors (Lipinski definition) is 0. The molecular weight excluding hydrogens is 332 g/mol. The van der Waals surface area contributed by atoms with Gasteiger partial charge in [0.25, 0.3) is 6.47 Å². The predicted octanol–water partition coefficient (Wildman–Crippen LogP) is 7.04. The van der Waals surface area contributed by atoms with Gasteiger partial charge in [-0.15, -0.1) is 0 Å². The molecule has 0 fully saturated rings. The third-order valence-electron chi connectivity index (χ3n) is 5.81. The highest BCUT2D eigenvalue weighted by Gasteiger charge is 2.18. The van der Waals surface area contributed by atoms with Gasteiger partial charge in [0.1, 0.15) is 5.60 Å². The molecule has 2 nitrogen and oxygen atoms in total. The van der Waals surface area contributed by atoms with Gasteiger partial charge >= 0.3 is 0 Å². The first-order chi connectivity index (χ1) is 12.5. The van der Waals surface area contributed by atoms with E-state index in [4.69, 9.17) is 4.74 Å². The number of aryl methyl sites for hydroxylation is 2. The van der Waals surface area contributed by atoms with Gasteiger partial charge in [-0.3, -0.25) is 4.79 Å². The molecule has 0 radical (unpaired) electrons. The van der Waals surface area contributed by atoms with Crippen LogP contribution in [0.2, 0.25) is 0 Å². The van der Waals surface area contributed by atoms with Crippen LogP contribution in [0.25, 0.3) is 0 Å². The molecule has 2 heteroatoms. The Hall–Kier alpha value is -1.31. The highest BCUT2D eigenvalue weighted by Crippen LogP contribution is 2.27. The second-order valence-corrected chi connectivity index (χ2v) is 10.0. The van der Waals surface area contributed by atoms with Crippen LogP contribution >= 0.6 is 0 Å². The summed E-state index contributed by atoms with van der Waals surface area (Å²) in [5.74, 6) is 0. The van der Waals surface area contributed by atoms with E-state index in [-0.39, 0.29) is 5.60 Å². The van der Waals surface area contributed by atoms with Crippen LogP contribution in [-0.2, 0) is 22.4 Å². The lowest BCUT2D eigenvalue weighted by molar-refractivity contribution is -0.140. The van der Waals surface area contributed by atoms with E-state index in [1.165, 1.54) is 53.5 Å². The molecule has 1 aromatic rings. The first-order valence-corrected chi connectivity index (χ1v) is 10.7. The van der Waals surface area contributed by atoms with E-state index >= 15 is 0 Å². The predicted molar refractivity (Wildman–Crippen MR) is 116 cm³/mol. The molecule has 0 saturated carbocycles. The van der Waals surface area contributed by atoms with Crippen LogP contribution < -0.4 is 0 Å². The van der Waals surface area contributed by atoms with Crippen LogP contribution in [0.1, 0.15) is 101 Å². The fourth-order valence-corrected chi connectivity index (χ4v) is 3.88. The minimum atomic E-state index is -0.349. The Morgan fingerprint density at radius 1 is 0.852 bits per heavy atom. The fourth-order valence-electron chi connectivity index (χ4n) is 3.88. The first kappa shape index (κ1) is 23.7. The summed E-state index contributed by atoms with van der Waals surface area (Å²) in [6, 6.07) is 2.42. The molecule has 0 aliphatic carbocycles. The van der Waals surface area contributed by atoms with Crippen molar-refractivity contribution in [3.63, 3.8) is 0 Å². The SMILES string of the molecule is Cc1cc(CCCCC(C)(C)C)c(C)c(C)c1CCCCC(C)(C)OC=O. The highest BCUT2D eigenvalue weighted by molar-refractivity contribution is 5.44. The van der Waals surface area contributed by atoms with E-state index in [1.807, 2.05) is 13.8 Å². The fraction of sp³-hybridized carbons (Fsp3) is 0.720. The topological polar surface area (TPSA) is 26.3 Å². The molecule has 0 spiro atoms. The summed E-state index contributed by atoms with van der Waals surface area (Å²) in [5, 5.41) is 0. The summed E-state index contributed by atoms with van der Waals surface area (Å²) in [6.07, 6.45) is 9.32. The van der Waals surface area contributed by atoms with Crippen molar-refractivity contribution in [2.75, 3.05) is 0 Å². The number of carbonyl (C=O) groups is 1. The molecule has 0 atom stereocenters. The van der Waals surface area contributed by atoms with Crippen molar-refractivity contribution in [3.8, 4) is 0 Å². The lowest BCUT2D eigenvalue weighted by Crippen LogP contribution is -2.23. The summed E-state index contributed by atoms with van der Waals surface area (Å²) in [7, 11) is 0. The van der Waals surface area contributed by atoms with E-state index in [9.17, 15) is 4.79 Å². The van der Waals surface area contributed by atoms with Crippen molar-refractivity contribution in [3.05, 3.63) is 33.9 Å². The molecule has 0 aliphatic heterocycles. The molecule has 0 unspecified atom stereocenters. The van der Waals surface area contributed by atoms with Gasteiger partial charge in [-0.2, -0.15) is 0 Å². The minimum absolute atomic E-state index is 0.349. The Morgan fingerprint density at radius 3 is 2.04 bits per heavy atom. The van der Waals surface area contributed by atoms with Crippen LogP contribution in [0.4, 0.5) is 0 Å². The minimum Gasteiger partial charge on any atom is -0.462 e. The monoisotopic (exact) mass is 374 g/mol. The molecular formula is C25H42O2.